The number of nitrogens with zero attached hydrogens (tertiary/aromatic N) is 2. The van der Waals surface area contributed by atoms with Crippen LogP contribution in [-0.4, -0.2) is 60.3 Å². The van der Waals surface area contributed by atoms with Gasteiger partial charge in [-0.15, -0.1) is 0 Å². The molecule has 1 fully saturated rings. The summed E-state index contributed by atoms with van der Waals surface area (Å²) < 4.78 is 5.76. The molecule has 0 atom stereocenters. The first-order chi connectivity index (χ1) is 14.9. The summed E-state index contributed by atoms with van der Waals surface area (Å²) in [6.45, 7) is 5.96. The molecule has 0 aliphatic carbocycles. The Morgan fingerprint density at radius 3 is 2.39 bits per heavy atom. The molecule has 3 amide bonds. The van der Waals surface area contributed by atoms with Gasteiger partial charge in [0.1, 0.15) is 5.75 Å². The van der Waals surface area contributed by atoms with Gasteiger partial charge in [0.2, 0.25) is 11.8 Å². The van der Waals surface area contributed by atoms with E-state index >= 15 is 0 Å². The fourth-order valence-electron chi connectivity index (χ4n) is 3.56. The van der Waals surface area contributed by atoms with Gasteiger partial charge in [0.05, 0.1) is 6.61 Å². The van der Waals surface area contributed by atoms with Crippen LogP contribution in [0.15, 0.2) is 48.5 Å². The molecule has 0 aromatic heterocycles. The highest BCUT2D eigenvalue weighted by molar-refractivity contribution is 5.97. The number of carbonyl (C=O) groups is 3. The first-order valence-electron chi connectivity index (χ1n) is 10.6. The maximum atomic E-state index is 12.8. The molecule has 3 rings (SSSR count). The SMILES string of the molecule is CC(=O)Nc1cccc(C(=O)N2CCN(C(=O)CCCOc3ccccc3C)CC2)c1. The minimum absolute atomic E-state index is 0.0909. The average molecular weight is 424 g/mol. The fraction of sp³-hybridized carbons (Fsp3) is 0.375. The fourth-order valence-corrected chi connectivity index (χ4v) is 3.56. The number of hydrogen-bond acceptors (Lipinski definition) is 4. The summed E-state index contributed by atoms with van der Waals surface area (Å²) in [5.41, 5.74) is 2.21. The van der Waals surface area contributed by atoms with E-state index in [0.29, 0.717) is 56.9 Å². The highest BCUT2D eigenvalue weighted by Gasteiger charge is 2.24. The van der Waals surface area contributed by atoms with Crippen molar-refractivity contribution in [3.8, 4) is 5.75 Å². The molecule has 2 aromatic rings. The number of para-hydroxylation sites is 1. The van der Waals surface area contributed by atoms with Crippen LogP contribution in [0.4, 0.5) is 5.69 Å². The van der Waals surface area contributed by atoms with Crippen molar-refractivity contribution in [1.29, 1.82) is 0 Å². The summed E-state index contributed by atoms with van der Waals surface area (Å²) in [5.74, 6) is 0.671. The third-order valence-corrected chi connectivity index (χ3v) is 5.24. The van der Waals surface area contributed by atoms with E-state index in [4.69, 9.17) is 4.74 Å². The molecule has 2 aromatic carbocycles. The van der Waals surface area contributed by atoms with Crippen LogP contribution in [0.3, 0.4) is 0 Å². The first-order valence-corrected chi connectivity index (χ1v) is 10.6. The minimum Gasteiger partial charge on any atom is -0.493 e. The molecule has 1 heterocycles. The molecule has 1 saturated heterocycles. The number of rotatable bonds is 7. The van der Waals surface area contributed by atoms with Crippen molar-refractivity contribution in [2.75, 3.05) is 38.1 Å². The van der Waals surface area contributed by atoms with Crippen molar-refractivity contribution in [2.24, 2.45) is 0 Å². The molecule has 0 radical (unpaired) electrons. The molecular formula is C24H29N3O4. The monoisotopic (exact) mass is 423 g/mol. The second-order valence-electron chi connectivity index (χ2n) is 7.65. The van der Waals surface area contributed by atoms with Crippen LogP contribution in [0, 0.1) is 6.92 Å². The van der Waals surface area contributed by atoms with Gasteiger partial charge in [-0.1, -0.05) is 24.3 Å². The van der Waals surface area contributed by atoms with Crippen LogP contribution in [0.2, 0.25) is 0 Å². The topological polar surface area (TPSA) is 79.0 Å². The first kappa shape index (κ1) is 22.3. The number of ether oxygens (including phenoxy) is 1. The van der Waals surface area contributed by atoms with Crippen molar-refractivity contribution >= 4 is 23.4 Å². The lowest BCUT2D eigenvalue weighted by atomic mass is 10.1. The summed E-state index contributed by atoms with van der Waals surface area (Å²) in [7, 11) is 0. The van der Waals surface area contributed by atoms with Crippen LogP contribution >= 0.6 is 0 Å². The smallest absolute Gasteiger partial charge is 0.254 e. The molecule has 0 unspecified atom stereocenters. The van der Waals surface area contributed by atoms with E-state index < -0.39 is 0 Å². The van der Waals surface area contributed by atoms with Crippen molar-refractivity contribution in [3.05, 3.63) is 59.7 Å². The van der Waals surface area contributed by atoms with Gasteiger partial charge in [0.25, 0.3) is 5.91 Å². The molecule has 0 spiro atoms. The zero-order chi connectivity index (χ0) is 22.2. The van der Waals surface area contributed by atoms with E-state index in [2.05, 4.69) is 5.32 Å². The molecule has 31 heavy (non-hydrogen) atoms. The molecule has 164 valence electrons. The van der Waals surface area contributed by atoms with Gasteiger partial charge in [-0.05, 0) is 43.2 Å². The summed E-state index contributed by atoms with van der Waals surface area (Å²) in [6, 6.07) is 14.7. The van der Waals surface area contributed by atoms with Crippen LogP contribution in [-0.2, 0) is 9.59 Å². The molecule has 1 aliphatic rings. The van der Waals surface area contributed by atoms with Gasteiger partial charge in [-0.3, -0.25) is 14.4 Å². The number of benzene rings is 2. The summed E-state index contributed by atoms with van der Waals surface area (Å²) in [6.07, 6.45) is 1.08. The molecule has 7 heteroatoms. The van der Waals surface area contributed by atoms with Crippen molar-refractivity contribution in [2.45, 2.75) is 26.7 Å². The van der Waals surface area contributed by atoms with Crippen LogP contribution in [0.25, 0.3) is 0 Å². The number of hydrogen-bond donors (Lipinski definition) is 1. The van der Waals surface area contributed by atoms with E-state index in [1.54, 1.807) is 29.2 Å². The van der Waals surface area contributed by atoms with Gasteiger partial charge in [-0.2, -0.15) is 0 Å². The molecule has 0 bridgehead atoms. The summed E-state index contributed by atoms with van der Waals surface area (Å²) in [4.78, 5) is 40.1. The number of amides is 3. The standard InChI is InChI=1S/C24H29N3O4/c1-18-7-3-4-10-22(18)31-16-6-11-23(29)26-12-14-27(15-13-26)24(30)20-8-5-9-21(17-20)25-19(2)28/h3-5,7-10,17H,6,11-16H2,1-2H3,(H,25,28). The van der Waals surface area contributed by atoms with Gasteiger partial charge < -0.3 is 19.9 Å². The Hall–Kier alpha value is -3.35. The predicted octanol–water partition coefficient (Wildman–Crippen LogP) is 3.10. The van der Waals surface area contributed by atoms with Crippen molar-refractivity contribution in [1.82, 2.24) is 9.80 Å². The van der Waals surface area contributed by atoms with Crippen molar-refractivity contribution in [3.63, 3.8) is 0 Å². The Labute approximate surface area is 183 Å². The number of piperazine rings is 1. The van der Waals surface area contributed by atoms with Crippen molar-refractivity contribution < 1.29 is 19.1 Å². The predicted molar refractivity (Wildman–Crippen MR) is 119 cm³/mol. The molecule has 1 N–H and O–H groups in total. The number of aryl methyl sites for hydroxylation is 1. The highest BCUT2D eigenvalue weighted by atomic mass is 16.5. The second-order valence-corrected chi connectivity index (χ2v) is 7.65. The van der Waals surface area contributed by atoms with Gasteiger partial charge in [0, 0.05) is 50.8 Å². The zero-order valence-electron chi connectivity index (χ0n) is 18.1. The normalized spacial score (nSPS) is 13.6. The molecule has 0 saturated carbocycles. The maximum Gasteiger partial charge on any atom is 0.254 e. The number of anilines is 1. The lowest BCUT2D eigenvalue weighted by Crippen LogP contribution is -2.50. The Bertz CT molecular complexity index is 936. The Morgan fingerprint density at radius 2 is 1.68 bits per heavy atom. The minimum atomic E-state index is -0.180. The largest absolute Gasteiger partial charge is 0.493 e. The lowest BCUT2D eigenvalue weighted by molar-refractivity contribution is -0.132. The van der Waals surface area contributed by atoms with Gasteiger partial charge in [-0.25, -0.2) is 0 Å². The molecular weight excluding hydrogens is 394 g/mol. The van der Waals surface area contributed by atoms with Gasteiger partial charge in [0.15, 0.2) is 0 Å². The lowest BCUT2D eigenvalue weighted by Gasteiger charge is -2.35. The zero-order valence-corrected chi connectivity index (χ0v) is 18.1. The average Bonchev–Trinajstić information content (AvgIpc) is 2.77. The van der Waals surface area contributed by atoms with E-state index in [9.17, 15) is 14.4 Å². The molecule has 7 nitrogen and oxygen atoms in total. The Morgan fingerprint density at radius 1 is 0.968 bits per heavy atom. The van der Waals surface area contributed by atoms with Crippen LogP contribution in [0.1, 0.15) is 35.7 Å². The Balaban J connectivity index is 1.42. The van der Waals surface area contributed by atoms with E-state index in [0.717, 1.165) is 11.3 Å². The summed E-state index contributed by atoms with van der Waals surface area (Å²) >= 11 is 0. The highest BCUT2D eigenvalue weighted by Crippen LogP contribution is 2.17. The quantitative estimate of drug-likeness (QED) is 0.694. The van der Waals surface area contributed by atoms with Crippen LogP contribution < -0.4 is 10.1 Å². The van der Waals surface area contributed by atoms with Crippen LogP contribution in [0.5, 0.6) is 5.75 Å². The number of nitrogens with one attached hydrogen (secondary N) is 1. The second kappa shape index (κ2) is 10.6. The maximum absolute atomic E-state index is 12.8. The number of carbonyl (C=O) groups excluding carboxylic acids is 3. The molecule has 1 aliphatic heterocycles. The Kier molecular flexibility index (Phi) is 7.65. The third-order valence-electron chi connectivity index (χ3n) is 5.24. The third kappa shape index (κ3) is 6.31. The van der Waals surface area contributed by atoms with E-state index in [1.807, 2.05) is 36.1 Å². The van der Waals surface area contributed by atoms with E-state index in [1.165, 1.54) is 6.92 Å². The summed E-state index contributed by atoms with van der Waals surface area (Å²) in [5, 5.41) is 2.69. The van der Waals surface area contributed by atoms with Gasteiger partial charge >= 0.3 is 0 Å². The van der Waals surface area contributed by atoms with E-state index in [-0.39, 0.29) is 17.7 Å².